The maximum absolute atomic E-state index is 5.13. The smallest absolute Gasteiger partial charge is 0.0464 e. The van der Waals surface area contributed by atoms with E-state index in [1.165, 1.54) is 25.8 Å². The maximum atomic E-state index is 5.13. The van der Waals surface area contributed by atoms with Crippen LogP contribution in [0.2, 0.25) is 0 Å². The molecule has 1 N–H and O–H groups in total. The van der Waals surface area contributed by atoms with Gasteiger partial charge in [0, 0.05) is 13.7 Å². The minimum Gasteiger partial charge on any atom is -0.385 e. The van der Waals surface area contributed by atoms with Crippen molar-refractivity contribution in [1.82, 2.24) is 5.32 Å². The molecule has 1 fully saturated rings. The van der Waals surface area contributed by atoms with Gasteiger partial charge in [0.05, 0.1) is 0 Å². The van der Waals surface area contributed by atoms with E-state index in [2.05, 4.69) is 19.2 Å². The molecule has 3 unspecified atom stereocenters. The SMILES string of the molecule is CCNCC1CCC1C(C)CCOC. The summed E-state index contributed by atoms with van der Waals surface area (Å²) in [6, 6.07) is 0. The van der Waals surface area contributed by atoms with Crippen LogP contribution in [0.25, 0.3) is 0 Å². The number of hydrogen-bond acceptors (Lipinski definition) is 2. The summed E-state index contributed by atoms with van der Waals surface area (Å²) < 4.78 is 5.13. The Hall–Kier alpha value is -0.0800. The van der Waals surface area contributed by atoms with Crippen molar-refractivity contribution in [2.75, 3.05) is 26.8 Å². The Kier molecular flexibility index (Phi) is 5.49. The predicted molar refractivity (Wildman–Crippen MR) is 60.4 cm³/mol. The number of nitrogens with one attached hydrogen (secondary N) is 1. The molecular weight excluding hydrogens is 174 g/mol. The number of rotatable bonds is 7. The Morgan fingerprint density at radius 1 is 1.43 bits per heavy atom. The zero-order valence-electron chi connectivity index (χ0n) is 9.88. The number of methoxy groups -OCH3 is 1. The fraction of sp³-hybridized carbons (Fsp3) is 1.00. The maximum Gasteiger partial charge on any atom is 0.0464 e. The van der Waals surface area contributed by atoms with Crippen LogP contribution in [0, 0.1) is 17.8 Å². The summed E-state index contributed by atoms with van der Waals surface area (Å²) in [5, 5.41) is 3.46. The van der Waals surface area contributed by atoms with Crippen molar-refractivity contribution < 1.29 is 4.74 Å². The average molecular weight is 199 g/mol. The van der Waals surface area contributed by atoms with E-state index in [1.54, 1.807) is 7.11 Å². The molecule has 0 spiro atoms. The van der Waals surface area contributed by atoms with Gasteiger partial charge in [0.15, 0.2) is 0 Å². The van der Waals surface area contributed by atoms with Gasteiger partial charge in [0.1, 0.15) is 0 Å². The molecule has 1 aliphatic carbocycles. The number of ether oxygens (including phenoxy) is 1. The molecule has 84 valence electrons. The van der Waals surface area contributed by atoms with E-state index in [-0.39, 0.29) is 0 Å². The highest BCUT2D eigenvalue weighted by atomic mass is 16.5. The van der Waals surface area contributed by atoms with Crippen LogP contribution in [-0.4, -0.2) is 26.8 Å². The molecule has 1 saturated carbocycles. The molecule has 0 amide bonds. The van der Waals surface area contributed by atoms with E-state index < -0.39 is 0 Å². The average Bonchev–Trinajstić information content (AvgIpc) is 2.13. The Balaban J connectivity index is 2.16. The van der Waals surface area contributed by atoms with Crippen LogP contribution in [0.5, 0.6) is 0 Å². The third kappa shape index (κ3) is 3.25. The van der Waals surface area contributed by atoms with Crippen molar-refractivity contribution in [3.05, 3.63) is 0 Å². The zero-order chi connectivity index (χ0) is 10.4. The second-order valence-corrected chi connectivity index (χ2v) is 4.57. The van der Waals surface area contributed by atoms with Gasteiger partial charge >= 0.3 is 0 Å². The first kappa shape index (κ1) is 12.0. The third-order valence-corrected chi connectivity index (χ3v) is 3.64. The molecule has 1 rings (SSSR count). The fourth-order valence-corrected chi connectivity index (χ4v) is 2.44. The normalized spacial score (nSPS) is 28.5. The molecule has 14 heavy (non-hydrogen) atoms. The van der Waals surface area contributed by atoms with Gasteiger partial charge in [-0.25, -0.2) is 0 Å². The second-order valence-electron chi connectivity index (χ2n) is 4.57. The van der Waals surface area contributed by atoms with E-state index in [1.807, 2.05) is 0 Å². The lowest BCUT2D eigenvalue weighted by atomic mass is 9.67. The van der Waals surface area contributed by atoms with Crippen LogP contribution in [0.1, 0.15) is 33.1 Å². The molecule has 0 aromatic rings. The van der Waals surface area contributed by atoms with Crippen LogP contribution in [-0.2, 0) is 4.74 Å². The first-order chi connectivity index (χ1) is 6.79. The highest BCUT2D eigenvalue weighted by Crippen LogP contribution is 2.40. The molecule has 2 nitrogen and oxygen atoms in total. The van der Waals surface area contributed by atoms with E-state index in [9.17, 15) is 0 Å². The van der Waals surface area contributed by atoms with Crippen molar-refractivity contribution in [1.29, 1.82) is 0 Å². The van der Waals surface area contributed by atoms with Crippen molar-refractivity contribution in [2.24, 2.45) is 17.8 Å². The summed E-state index contributed by atoms with van der Waals surface area (Å²) in [6.45, 7) is 7.81. The molecule has 3 atom stereocenters. The summed E-state index contributed by atoms with van der Waals surface area (Å²) in [6.07, 6.45) is 4.08. The van der Waals surface area contributed by atoms with Crippen molar-refractivity contribution >= 4 is 0 Å². The van der Waals surface area contributed by atoms with E-state index in [4.69, 9.17) is 4.74 Å². The first-order valence-electron chi connectivity index (χ1n) is 5.99. The second kappa shape index (κ2) is 6.41. The molecule has 0 heterocycles. The Morgan fingerprint density at radius 2 is 2.21 bits per heavy atom. The summed E-state index contributed by atoms with van der Waals surface area (Å²) in [5.74, 6) is 2.72. The van der Waals surface area contributed by atoms with Gasteiger partial charge in [0.2, 0.25) is 0 Å². The highest BCUT2D eigenvalue weighted by molar-refractivity contribution is 4.85. The highest BCUT2D eigenvalue weighted by Gasteiger charge is 2.33. The van der Waals surface area contributed by atoms with E-state index >= 15 is 0 Å². The molecule has 0 aromatic heterocycles. The lowest BCUT2D eigenvalue weighted by molar-refractivity contribution is 0.0838. The third-order valence-electron chi connectivity index (χ3n) is 3.64. The largest absolute Gasteiger partial charge is 0.385 e. The topological polar surface area (TPSA) is 21.3 Å². The van der Waals surface area contributed by atoms with E-state index in [0.29, 0.717) is 0 Å². The zero-order valence-corrected chi connectivity index (χ0v) is 9.88. The van der Waals surface area contributed by atoms with Crippen LogP contribution >= 0.6 is 0 Å². The summed E-state index contributed by atoms with van der Waals surface area (Å²) in [4.78, 5) is 0. The summed E-state index contributed by atoms with van der Waals surface area (Å²) in [5.41, 5.74) is 0. The van der Waals surface area contributed by atoms with Crippen molar-refractivity contribution in [3.8, 4) is 0 Å². The molecule has 0 aliphatic heterocycles. The minimum absolute atomic E-state index is 0.840. The monoisotopic (exact) mass is 199 g/mol. The summed E-state index contributed by atoms with van der Waals surface area (Å²) in [7, 11) is 1.80. The molecule has 2 heteroatoms. The van der Waals surface area contributed by atoms with Gasteiger partial charge in [-0.3, -0.25) is 0 Å². The van der Waals surface area contributed by atoms with Gasteiger partial charge in [0.25, 0.3) is 0 Å². The van der Waals surface area contributed by atoms with Crippen molar-refractivity contribution in [2.45, 2.75) is 33.1 Å². The Morgan fingerprint density at radius 3 is 2.71 bits per heavy atom. The molecule has 1 aliphatic rings. The quantitative estimate of drug-likeness (QED) is 0.679. The van der Waals surface area contributed by atoms with E-state index in [0.717, 1.165) is 30.9 Å². The molecular formula is C12H25NO. The lowest BCUT2D eigenvalue weighted by Gasteiger charge is -2.41. The molecule has 0 aromatic carbocycles. The summed E-state index contributed by atoms with van der Waals surface area (Å²) >= 11 is 0. The van der Waals surface area contributed by atoms with Crippen LogP contribution in [0.4, 0.5) is 0 Å². The van der Waals surface area contributed by atoms with Crippen LogP contribution < -0.4 is 5.32 Å². The van der Waals surface area contributed by atoms with Gasteiger partial charge in [-0.05, 0) is 50.1 Å². The number of hydrogen-bond donors (Lipinski definition) is 1. The standard InChI is InChI=1S/C12H25NO/c1-4-13-9-11-5-6-12(11)10(2)7-8-14-3/h10-13H,4-9H2,1-3H3. The Labute approximate surface area is 88.4 Å². The lowest BCUT2D eigenvalue weighted by Crippen LogP contribution is -2.38. The molecule has 0 radical (unpaired) electrons. The molecule has 0 saturated heterocycles. The fourth-order valence-electron chi connectivity index (χ4n) is 2.44. The van der Waals surface area contributed by atoms with Crippen LogP contribution in [0.3, 0.4) is 0 Å². The van der Waals surface area contributed by atoms with Crippen molar-refractivity contribution in [3.63, 3.8) is 0 Å². The van der Waals surface area contributed by atoms with Gasteiger partial charge < -0.3 is 10.1 Å². The Bertz CT molecular complexity index is 139. The van der Waals surface area contributed by atoms with Gasteiger partial charge in [-0.2, -0.15) is 0 Å². The first-order valence-corrected chi connectivity index (χ1v) is 5.99. The van der Waals surface area contributed by atoms with Gasteiger partial charge in [-0.1, -0.05) is 13.8 Å². The molecule has 0 bridgehead atoms. The van der Waals surface area contributed by atoms with Crippen LogP contribution in [0.15, 0.2) is 0 Å². The van der Waals surface area contributed by atoms with Gasteiger partial charge in [-0.15, -0.1) is 0 Å². The minimum atomic E-state index is 0.840. The predicted octanol–water partition coefficient (Wildman–Crippen LogP) is 2.29.